The van der Waals surface area contributed by atoms with Crippen molar-refractivity contribution in [3.05, 3.63) is 83.7 Å². The minimum absolute atomic E-state index is 0.106. The van der Waals surface area contributed by atoms with Crippen LogP contribution < -0.4 is 19.7 Å². The second kappa shape index (κ2) is 10.2. The molecular weight excluding hydrogens is 423 g/mol. The van der Waals surface area contributed by atoms with E-state index in [1.807, 2.05) is 31.2 Å². The van der Waals surface area contributed by atoms with E-state index < -0.39 is 0 Å². The van der Waals surface area contributed by atoms with E-state index in [0.717, 1.165) is 11.3 Å². The van der Waals surface area contributed by atoms with E-state index in [-0.39, 0.29) is 30.8 Å². The summed E-state index contributed by atoms with van der Waals surface area (Å²) in [7, 11) is 0. The fraction of sp³-hybridized carbons (Fsp3) is 0.231. The number of halogens is 1. The Labute approximate surface area is 191 Å². The first-order chi connectivity index (χ1) is 16.0. The van der Waals surface area contributed by atoms with Crippen LogP contribution in [0.4, 0.5) is 15.8 Å². The average Bonchev–Trinajstić information content (AvgIpc) is 2.81. The predicted molar refractivity (Wildman–Crippen MR) is 124 cm³/mol. The molecule has 170 valence electrons. The molecule has 0 aliphatic carbocycles. The van der Waals surface area contributed by atoms with Gasteiger partial charge in [0, 0.05) is 23.7 Å². The third-order valence-corrected chi connectivity index (χ3v) is 5.31. The molecular formula is C26H25FN2O4. The van der Waals surface area contributed by atoms with Crippen molar-refractivity contribution in [3.8, 4) is 11.5 Å². The van der Waals surface area contributed by atoms with Gasteiger partial charge in [0.05, 0.1) is 18.8 Å². The van der Waals surface area contributed by atoms with E-state index >= 15 is 0 Å². The molecule has 0 saturated carbocycles. The van der Waals surface area contributed by atoms with Gasteiger partial charge in [0.25, 0.3) is 5.91 Å². The Hall–Kier alpha value is -3.87. The first kappa shape index (κ1) is 22.3. The summed E-state index contributed by atoms with van der Waals surface area (Å²) in [5.41, 5.74) is 2.69. The van der Waals surface area contributed by atoms with Crippen LogP contribution in [0, 0.1) is 12.7 Å². The third kappa shape index (κ3) is 5.68. The summed E-state index contributed by atoms with van der Waals surface area (Å²) < 4.78 is 25.3. The first-order valence-electron chi connectivity index (χ1n) is 10.8. The van der Waals surface area contributed by atoms with E-state index in [9.17, 15) is 14.0 Å². The van der Waals surface area contributed by atoms with Crippen LogP contribution in [0.25, 0.3) is 0 Å². The van der Waals surface area contributed by atoms with Gasteiger partial charge in [-0.2, -0.15) is 0 Å². The molecule has 0 bridgehead atoms. The lowest BCUT2D eigenvalue weighted by molar-refractivity contribution is -0.121. The Morgan fingerprint density at radius 3 is 2.70 bits per heavy atom. The van der Waals surface area contributed by atoms with Gasteiger partial charge in [-0.05, 0) is 43.7 Å². The molecule has 0 atom stereocenters. The van der Waals surface area contributed by atoms with Gasteiger partial charge in [0.2, 0.25) is 5.91 Å². The summed E-state index contributed by atoms with van der Waals surface area (Å²) in [6.45, 7) is 2.42. The number of hydrogen-bond donors (Lipinski definition) is 1. The Balaban J connectivity index is 1.33. The van der Waals surface area contributed by atoms with Crippen LogP contribution in [0.15, 0.2) is 66.7 Å². The zero-order valence-electron chi connectivity index (χ0n) is 18.3. The van der Waals surface area contributed by atoms with Gasteiger partial charge in [-0.3, -0.25) is 9.59 Å². The highest BCUT2D eigenvalue weighted by molar-refractivity contribution is 5.99. The highest BCUT2D eigenvalue weighted by atomic mass is 19.1. The molecule has 33 heavy (non-hydrogen) atoms. The summed E-state index contributed by atoms with van der Waals surface area (Å²) in [4.78, 5) is 26.2. The molecule has 3 aromatic rings. The highest BCUT2D eigenvalue weighted by Crippen LogP contribution is 2.35. The van der Waals surface area contributed by atoms with Crippen molar-refractivity contribution >= 4 is 23.2 Å². The van der Waals surface area contributed by atoms with E-state index in [4.69, 9.17) is 9.47 Å². The SMILES string of the molecule is Cc1ccc(OCCCC(=O)Nc2ccc3c(c2)OCC(=O)N3Cc2ccccc2F)cc1. The lowest BCUT2D eigenvalue weighted by atomic mass is 10.1. The fourth-order valence-electron chi connectivity index (χ4n) is 3.53. The molecule has 1 N–H and O–H groups in total. The largest absolute Gasteiger partial charge is 0.494 e. The number of aryl methyl sites for hydroxylation is 1. The minimum atomic E-state index is -0.367. The molecule has 0 fully saturated rings. The maximum Gasteiger partial charge on any atom is 0.265 e. The molecule has 1 aliphatic rings. The van der Waals surface area contributed by atoms with Crippen molar-refractivity contribution in [2.75, 3.05) is 23.4 Å². The van der Waals surface area contributed by atoms with Gasteiger partial charge >= 0.3 is 0 Å². The Bertz CT molecular complexity index is 1150. The number of anilines is 2. The number of carbonyl (C=O) groups excluding carboxylic acids is 2. The number of benzene rings is 3. The third-order valence-electron chi connectivity index (χ3n) is 5.31. The summed E-state index contributed by atoms with van der Waals surface area (Å²) in [5, 5.41) is 2.85. The Morgan fingerprint density at radius 2 is 1.91 bits per heavy atom. The summed E-state index contributed by atoms with van der Waals surface area (Å²) >= 11 is 0. The molecule has 7 heteroatoms. The van der Waals surface area contributed by atoms with Crippen LogP contribution in [-0.4, -0.2) is 25.0 Å². The van der Waals surface area contributed by atoms with Crippen LogP contribution in [-0.2, 0) is 16.1 Å². The Kier molecular flexibility index (Phi) is 6.88. The number of fused-ring (bicyclic) bond motifs is 1. The molecule has 0 aromatic heterocycles. The Morgan fingerprint density at radius 1 is 1.12 bits per heavy atom. The molecule has 1 aliphatic heterocycles. The lowest BCUT2D eigenvalue weighted by Crippen LogP contribution is -2.38. The zero-order valence-corrected chi connectivity index (χ0v) is 18.3. The number of rotatable bonds is 8. The monoisotopic (exact) mass is 448 g/mol. The second-order valence-corrected chi connectivity index (χ2v) is 7.86. The zero-order chi connectivity index (χ0) is 23.2. The molecule has 1 heterocycles. The maximum absolute atomic E-state index is 14.1. The van der Waals surface area contributed by atoms with Crippen LogP contribution in [0.2, 0.25) is 0 Å². The van der Waals surface area contributed by atoms with Gasteiger partial charge in [0.15, 0.2) is 6.61 Å². The van der Waals surface area contributed by atoms with Gasteiger partial charge in [-0.15, -0.1) is 0 Å². The standard InChI is InChI=1S/C26H25FN2O4/c1-18-8-11-21(12-9-18)32-14-4-7-25(30)28-20-10-13-23-24(15-20)33-17-26(31)29(23)16-19-5-2-3-6-22(19)27/h2-3,5-6,8-13,15H,4,7,14,16-17H2,1H3,(H,28,30). The minimum Gasteiger partial charge on any atom is -0.494 e. The molecule has 4 rings (SSSR count). The molecule has 2 amide bonds. The van der Waals surface area contributed by atoms with E-state index in [1.165, 1.54) is 11.0 Å². The number of nitrogens with one attached hydrogen (secondary N) is 1. The van der Waals surface area contributed by atoms with Crippen LogP contribution in [0.1, 0.15) is 24.0 Å². The van der Waals surface area contributed by atoms with Gasteiger partial charge in [-0.1, -0.05) is 35.9 Å². The number of nitrogens with zero attached hydrogens (tertiary/aromatic N) is 1. The fourth-order valence-corrected chi connectivity index (χ4v) is 3.53. The van der Waals surface area contributed by atoms with Crippen LogP contribution in [0.5, 0.6) is 11.5 Å². The molecule has 6 nitrogen and oxygen atoms in total. The number of hydrogen-bond acceptors (Lipinski definition) is 4. The average molecular weight is 448 g/mol. The van der Waals surface area contributed by atoms with Crippen molar-refractivity contribution in [2.45, 2.75) is 26.3 Å². The van der Waals surface area contributed by atoms with Gasteiger partial charge < -0.3 is 19.7 Å². The van der Waals surface area contributed by atoms with Crippen molar-refractivity contribution < 1.29 is 23.5 Å². The number of ether oxygens (including phenoxy) is 2. The molecule has 0 spiro atoms. The predicted octanol–water partition coefficient (Wildman–Crippen LogP) is 4.86. The van der Waals surface area contributed by atoms with Crippen LogP contribution >= 0.6 is 0 Å². The topological polar surface area (TPSA) is 67.9 Å². The highest BCUT2D eigenvalue weighted by Gasteiger charge is 2.26. The number of amides is 2. The van der Waals surface area contributed by atoms with Crippen LogP contribution in [0.3, 0.4) is 0 Å². The molecule has 0 radical (unpaired) electrons. The smallest absolute Gasteiger partial charge is 0.265 e. The molecule has 0 unspecified atom stereocenters. The first-order valence-corrected chi connectivity index (χ1v) is 10.8. The second-order valence-electron chi connectivity index (χ2n) is 7.86. The molecule has 0 saturated heterocycles. The van der Waals surface area contributed by atoms with Gasteiger partial charge in [-0.25, -0.2) is 4.39 Å². The lowest BCUT2D eigenvalue weighted by Gasteiger charge is -2.30. The molecule has 3 aromatic carbocycles. The summed E-state index contributed by atoms with van der Waals surface area (Å²) in [6, 6.07) is 19.2. The van der Waals surface area contributed by atoms with E-state index in [1.54, 1.807) is 36.4 Å². The van der Waals surface area contributed by atoms with Crippen molar-refractivity contribution in [3.63, 3.8) is 0 Å². The quantitative estimate of drug-likeness (QED) is 0.500. The number of carbonyl (C=O) groups is 2. The van der Waals surface area contributed by atoms with Crippen molar-refractivity contribution in [2.24, 2.45) is 0 Å². The van der Waals surface area contributed by atoms with Gasteiger partial charge in [0.1, 0.15) is 17.3 Å². The normalized spacial score (nSPS) is 12.7. The van der Waals surface area contributed by atoms with Crippen molar-refractivity contribution in [1.82, 2.24) is 0 Å². The van der Waals surface area contributed by atoms with E-state index in [0.29, 0.717) is 42.1 Å². The van der Waals surface area contributed by atoms with Crippen molar-refractivity contribution in [1.29, 1.82) is 0 Å². The summed E-state index contributed by atoms with van der Waals surface area (Å²) in [5.74, 6) is 0.482. The van der Waals surface area contributed by atoms with E-state index in [2.05, 4.69) is 5.32 Å². The summed E-state index contributed by atoms with van der Waals surface area (Å²) in [6.07, 6.45) is 0.883. The maximum atomic E-state index is 14.1.